The van der Waals surface area contributed by atoms with Gasteiger partial charge in [0.05, 0.1) is 12.8 Å². The van der Waals surface area contributed by atoms with Crippen molar-refractivity contribution < 1.29 is 30.0 Å². The molecule has 0 aliphatic carbocycles. The number of carbonyl (C=O) groups is 1. The zero-order valence-electron chi connectivity index (χ0n) is 9.70. The average molecular weight is 274 g/mol. The predicted octanol–water partition coefficient (Wildman–Crippen LogP) is -3.65. The lowest BCUT2D eigenvalue weighted by atomic mass is 9.98. The molecule has 0 bridgehead atoms. The predicted molar refractivity (Wildman–Crippen MR) is 57.6 cm³/mol. The zero-order chi connectivity index (χ0) is 14.2. The number of rotatable bonds is 3. The summed E-state index contributed by atoms with van der Waals surface area (Å²) in [5.41, 5.74) is 4.86. The van der Waals surface area contributed by atoms with Gasteiger partial charge in [0, 0.05) is 0 Å². The van der Waals surface area contributed by atoms with E-state index in [1.54, 1.807) is 0 Å². The third kappa shape index (κ3) is 2.43. The Morgan fingerprint density at radius 3 is 2.58 bits per heavy atom. The lowest BCUT2D eigenvalue weighted by molar-refractivity contribution is -0.254. The van der Waals surface area contributed by atoms with E-state index in [4.69, 9.17) is 15.6 Å². The van der Waals surface area contributed by atoms with Crippen LogP contribution in [0.2, 0.25) is 0 Å². The molecule has 1 aromatic heterocycles. The van der Waals surface area contributed by atoms with Gasteiger partial charge in [-0.1, -0.05) is 5.21 Å². The number of aromatic nitrogens is 3. The molecule has 6 N–H and O–H groups in total. The van der Waals surface area contributed by atoms with Crippen molar-refractivity contribution in [3.05, 3.63) is 11.9 Å². The van der Waals surface area contributed by atoms with Gasteiger partial charge in [-0.2, -0.15) is 0 Å². The number of hydrogen-bond donors (Lipinski definition) is 5. The summed E-state index contributed by atoms with van der Waals surface area (Å²) in [6.45, 7) is -0.557. The van der Waals surface area contributed by atoms with Crippen molar-refractivity contribution in [2.45, 2.75) is 30.6 Å². The van der Waals surface area contributed by atoms with Crippen molar-refractivity contribution in [2.24, 2.45) is 5.73 Å². The van der Waals surface area contributed by atoms with E-state index in [0.29, 0.717) is 0 Å². The second-order valence-electron chi connectivity index (χ2n) is 4.17. The van der Waals surface area contributed by atoms with Crippen molar-refractivity contribution in [3.63, 3.8) is 0 Å². The van der Waals surface area contributed by atoms with Gasteiger partial charge in [0.1, 0.15) is 24.4 Å². The summed E-state index contributed by atoms with van der Waals surface area (Å²) in [6.07, 6.45) is -5.62. The molecule has 2 heterocycles. The zero-order valence-corrected chi connectivity index (χ0v) is 9.70. The fourth-order valence-electron chi connectivity index (χ4n) is 1.81. The number of hydrogen-bond acceptors (Lipinski definition) is 8. The highest BCUT2D eigenvalue weighted by atomic mass is 16.6. The summed E-state index contributed by atoms with van der Waals surface area (Å²) in [6, 6.07) is 0. The van der Waals surface area contributed by atoms with Gasteiger partial charge >= 0.3 is 0 Å². The maximum Gasteiger partial charge on any atom is 0.270 e. The molecule has 1 amide bonds. The van der Waals surface area contributed by atoms with Gasteiger partial charge in [-0.3, -0.25) is 4.79 Å². The monoisotopic (exact) mass is 274 g/mol. The molecule has 1 fully saturated rings. The molecule has 5 atom stereocenters. The molecule has 0 unspecified atom stereocenters. The van der Waals surface area contributed by atoms with Crippen LogP contribution in [0.4, 0.5) is 0 Å². The van der Waals surface area contributed by atoms with Crippen molar-refractivity contribution in [2.75, 3.05) is 6.61 Å². The summed E-state index contributed by atoms with van der Waals surface area (Å²) in [5.74, 6) is -0.809. The smallest absolute Gasteiger partial charge is 0.270 e. The van der Waals surface area contributed by atoms with E-state index in [2.05, 4.69) is 10.3 Å². The molecule has 106 valence electrons. The van der Waals surface area contributed by atoms with Crippen LogP contribution in [0.1, 0.15) is 16.7 Å². The quantitative estimate of drug-likeness (QED) is 0.376. The Hall–Kier alpha value is -1.59. The molecule has 19 heavy (non-hydrogen) atoms. The summed E-state index contributed by atoms with van der Waals surface area (Å²) in [5, 5.41) is 45.0. The van der Waals surface area contributed by atoms with Gasteiger partial charge in [-0.05, 0) is 0 Å². The molecule has 0 aromatic carbocycles. The first-order chi connectivity index (χ1) is 8.95. The van der Waals surface area contributed by atoms with E-state index in [1.165, 1.54) is 0 Å². The molecular formula is C9H14N4O6. The molecular weight excluding hydrogens is 260 g/mol. The van der Waals surface area contributed by atoms with Crippen LogP contribution >= 0.6 is 0 Å². The van der Waals surface area contributed by atoms with Crippen molar-refractivity contribution in [1.29, 1.82) is 0 Å². The van der Waals surface area contributed by atoms with E-state index in [0.717, 1.165) is 10.9 Å². The largest absolute Gasteiger partial charge is 0.394 e. The van der Waals surface area contributed by atoms with E-state index in [-0.39, 0.29) is 5.69 Å². The summed E-state index contributed by atoms with van der Waals surface area (Å²) < 4.78 is 6.20. The van der Waals surface area contributed by atoms with Gasteiger partial charge in [0.25, 0.3) is 5.91 Å². The lowest BCUT2D eigenvalue weighted by Crippen LogP contribution is -2.56. The molecule has 1 aromatic rings. The summed E-state index contributed by atoms with van der Waals surface area (Å²) >= 11 is 0. The molecule has 0 saturated carbocycles. The number of nitrogens with zero attached hydrogens (tertiary/aromatic N) is 3. The SMILES string of the molecule is NC(=O)c1cn([C@@H]2O[C@H](CO)[C@@H](O)[C@H](O)[C@H]2O)nn1. The topological polar surface area (TPSA) is 164 Å². The van der Waals surface area contributed by atoms with Gasteiger partial charge in [0.15, 0.2) is 11.9 Å². The first-order valence-electron chi connectivity index (χ1n) is 5.48. The maximum absolute atomic E-state index is 10.9. The van der Waals surface area contributed by atoms with Gasteiger partial charge in [-0.15, -0.1) is 5.10 Å². The fourth-order valence-corrected chi connectivity index (χ4v) is 1.81. The van der Waals surface area contributed by atoms with E-state index < -0.39 is 43.2 Å². The van der Waals surface area contributed by atoms with Gasteiger partial charge in [-0.25, -0.2) is 4.68 Å². The highest BCUT2D eigenvalue weighted by molar-refractivity contribution is 5.90. The summed E-state index contributed by atoms with van der Waals surface area (Å²) in [7, 11) is 0. The lowest BCUT2D eigenvalue weighted by Gasteiger charge is -2.39. The van der Waals surface area contributed by atoms with Crippen LogP contribution in [0.5, 0.6) is 0 Å². The Bertz CT molecular complexity index is 463. The Kier molecular flexibility index (Phi) is 3.78. The normalized spacial score (nSPS) is 35.3. The second-order valence-corrected chi connectivity index (χ2v) is 4.17. The number of aliphatic hydroxyl groups is 4. The number of aliphatic hydroxyl groups excluding tert-OH is 4. The van der Waals surface area contributed by atoms with Crippen LogP contribution in [0, 0.1) is 0 Å². The molecule has 10 heteroatoms. The number of amides is 1. The van der Waals surface area contributed by atoms with E-state index >= 15 is 0 Å². The van der Waals surface area contributed by atoms with Crippen LogP contribution in [0.3, 0.4) is 0 Å². The molecule has 0 radical (unpaired) electrons. The van der Waals surface area contributed by atoms with Crippen molar-refractivity contribution in [3.8, 4) is 0 Å². The highest BCUT2D eigenvalue weighted by Gasteiger charge is 2.44. The molecule has 2 rings (SSSR count). The average Bonchev–Trinajstić information content (AvgIpc) is 2.86. The Morgan fingerprint density at radius 2 is 2.05 bits per heavy atom. The Morgan fingerprint density at radius 1 is 1.37 bits per heavy atom. The van der Waals surface area contributed by atoms with Gasteiger partial charge < -0.3 is 30.9 Å². The first kappa shape index (κ1) is 13.8. The second kappa shape index (κ2) is 5.19. The minimum Gasteiger partial charge on any atom is -0.394 e. The molecule has 1 aliphatic rings. The number of nitrogens with two attached hydrogens (primary N) is 1. The van der Waals surface area contributed by atoms with E-state index in [1.807, 2.05) is 0 Å². The van der Waals surface area contributed by atoms with Crippen LogP contribution in [-0.4, -0.2) is 72.3 Å². The third-order valence-corrected chi connectivity index (χ3v) is 2.89. The van der Waals surface area contributed by atoms with Crippen LogP contribution < -0.4 is 5.73 Å². The standard InChI is InChI=1S/C9H14N4O6/c10-8(18)3-1-13(12-11-3)9-7(17)6(16)5(15)4(2-14)19-9/h1,4-7,9,14-17H,2H2,(H2,10,18)/t4-,5-,6+,7-,9-/m1/s1. The Labute approximate surface area is 107 Å². The maximum atomic E-state index is 10.9. The number of carbonyl (C=O) groups excluding carboxylic acids is 1. The number of ether oxygens (including phenoxy) is 1. The summed E-state index contributed by atoms with van der Waals surface area (Å²) in [4.78, 5) is 10.9. The van der Waals surface area contributed by atoms with Crippen LogP contribution in [-0.2, 0) is 4.74 Å². The van der Waals surface area contributed by atoms with Crippen LogP contribution in [0.25, 0.3) is 0 Å². The minimum absolute atomic E-state index is 0.142. The molecule has 1 saturated heterocycles. The number of primary amides is 1. The highest BCUT2D eigenvalue weighted by Crippen LogP contribution is 2.27. The minimum atomic E-state index is -1.53. The van der Waals surface area contributed by atoms with Crippen molar-refractivity contribution >= 4 is 5.91 Å². The van der Waals surface area contributed by atoms with Crippen molar-refractivity contribution in [1.82, 2.24) is 15.0 Å². The fraction of sp³-hybridized carbons (Fsp3) is 0.667. The van der Waals surface area contributed by atoms with Gasteiger partial charge in [0.2, 0.25) is 0 Å². The third-order valence-electron chi connectivity index (χ3n) is 2.89. The Balaban J connectivity index is 2.24. The first-order valence-corrected chi connectivity index (χ1v) is 5.48. The molecule has 1 aliphatic heterocycles. The van der Waals surface area contributed by atoms with Crippen LogP contribution in [0.15, 0.2) is 6.20 Å². The molecule has 0 spiro atoms. The molecule has 10 nitrogen and oxygen atoms in total. The van der Waals surface area contributed by atoms with E-state index in [9.17, 15) is 20.1 Å².